The third-order valence-electron chi connectivity index (χ3n) is 9.26. The average Bonchev–Trinajstić information content (AvgIpc) is 3.70. The molecule has 0 radical (unpaired) electrons. The van der Waals surface area contributed by atoms with Crippen LogP contribution in [-0.4, -0.2) is 65.0 Å². The Bertz CT molecular complexity index is 1870. The number of halogens is 2. The molecule has 3 unspecified atom stereocenters. The van der Waals surface area contributed by atoms with E-state index in [1.165, 1.54) is 18.9 Å². The number of nitrogens with zero attached hydrogens (tertiary/aromatic N) is 5. The molecule has 0 amide bonds. The SMILES string of the molecule is N#Cc1c(N)sc2c(F)ccc(-c3c(Cl)cc4c(N5CC6CCC(C5)N6)nc(=O)n5c4c3SCC5CN3CCCC3)c12. The third kappa shape index (κ3) is 4.07. The van der Waals surface area contributed by atoms with E-state index in [1.807, 2.05) is 10.6 Å². The molecule has 0 aliphatic carbocycles. The zero-order valence-electron chi connectivity index (χ0n) is 22.8. The lowest BCUT2D eigenvalue weighted by atomic mass is 9.97. The summed E-state index contributed by atoms with van der Waals surface area (Å²) in [7, 11) is 0. The minimum Gasteiger partial charge on any atom is -0.389 e. The molecular formula is C30H29ClFN7OS2. The smallest absolute Gasteiger partial charge is 0.350 e. The molecule has 2 bridgehead atoms. The van der Waals surface area contributed by atoms with Crippen LogP contribution in [0.1, 0.15) is 37.3 Å². The van der Waals surface area contributed by atoms with Gasteiger partial charge in [-0.15, -0.1) is 23.1 Å². The molecule has 8 nitrogen and oxygen atoms in total. The van der Waals surface area contributed by atoms with Crippen LogP contribution in [0.5, 0.6) is 0 Å². The van der Waals surface area contributed by atoms with E-state index < -0.39 is 5.82 Å². The van der Waals surface area contributed by atoms with Crippen LogP contribution in [0.15, 0.2) is 27.9 Å². The lowest BCUT2D eigenvalue weighted by molar-refractivity contribution is 0.288. The number of thioether (sulfide) groups is 1. The molecule has 3 saturated heterocycles. The zero-order chi connectivity index (χ0) is 28.7. The molecular weight excluding hydrogens is 593 g/mol. The highest BCUT2D eigenvalue weighted by Gasteiger charge is 2.36. The number of benzene rings is 2. The second-order valence-electron chi connectivity index (χ2n) is 11.8. The van der Waals surface area contributed by atoms with Crippen molar-refractivity contribution in [3.05, 3.63) is 45.1 Å². The summed E-state index contributed by atoms with van der Waals surface area (Å²) in [5.74, 6) is 0.947. The van der Waals surface area contributed by atoms with Crippen LogP contribution in [0.25, 0.3) is 32.1 Å². The van der Waals surface area contributed by atoms with E-state index in [-0.39, 0.29) is 22.3 Å². The molecule has 4 aromatic rings. The Morgan fingerprint density at radius 1 is 1.21 bits per heavy atom. The van der Waals surface area contributed by atoms with Gasteiger partial charge in [-0.3, -0.25) is 4.57 Å². The van der Waals surface area contributed by atoms with E-state index >= 15 is 0 Å². The summed E-state index contributed by atoms with van der Waals surface area (Å²) in [6.07, 6.45) is 4.58. The van der Waals surface area contributed by atoms with Crippen LogP contribution in [0.2, 0.25) is 5.02 Å². The predicted molar refractivity (Wildman–Crippen MR) is 169 cm³/mol. The van der Waals surface area contributed by atoms with E-state index in [0.717, 1.165) is 72.7 Å². The maximum absolute atomic E-state index is 15.0. The van der Waals surface area contributed by atoms with Crippen molar-refractivity contribution < 1.29 is 4.39 Å². The fourth-order valence-corrected chi connectivity index (χ4v) is 10.1. The standard InChI is InChI=1S/C30H29ClFN7OS2/c31-21-9-19-25-27(24(21)18-5-6-22(32)26-23(18)20(10-33)28(34)42-26)41-14-17(13-37-7-1-2-8-37)39(25)30(40)36-29(19)38-11-15-3-4-16(12-38)35-15/h5-6,9,15-17,35H,1-4,7-8,11-14,34H2. The molecule has 2 aromatic carbocycles. The molecule has 3 fully saturated rings. The number of nitrogens with one attached hydrogen (secondary N) is 1. The number of thiophene rings is 1. The summed E-state index contributed by atoms with van der Waals surface area (Å²) in [5.41, 5.74) is 8.38. The van der Waals surface area contributed by atoms with Crippen molar-refractivity contribution in [3.8, 4) is 17.2 Å². The number of rotatable bonds is 4. The van der Waals surface area contributed by atoms with Crippen molar-refractivity contribution in [2.45, 2.75) is 48.7 Å². The maximum atomic E-state index is 15.0. The van der Waals surface area contributed by atoms with Crippen molar-refractivity contribution in [2.24, 2.45) is 0 Å². The topological polar surface area (TPSA) is 103 Å². The molecule has 6 heterocycles. The van der Waals surface area contributed by atoms with Crippen LogP contribution >= 0.6 is 34.7 Å². The van der Waals surface area contributed by atoms with Crippen LogP contribution in [0, 0.1) is 17.1 Å². The van der Waals surface area contributed by atoms with Crippen LogP contribution in [0.3, 0.4) is 0 Å². The highest BCUT2D eigenvalue weighted by molar-refractivity contribution is 7.99. The Morgan fingerprint density at radius 3 is 2.71 bits per heavy atom. The third-order valence-corrected chi connectivity index (χ3v) is 11.8. The monoisotopic (exact) mass is 621 g/mol. The van der Waals surface area contributed by atoms with Gasteiger partial charge in [-0.1, -0.05) is 17.7 Å². The first-order chi connectivity index (χ1) is 20.4. The van der Waals surface area contributed by atoms with Crippen molar-refractivity contribution in [1.29, 1.82) is 5.26 Å². The summed E-state index contributed by atoms with van der Waals surface area (Å²) >= 11 is 9.92. The highest BCUT2D eigenvalue weighted by atomic mass is 35.5. The molecule has 8 rings (SSSR count). The van der Waals surface area contributed by atoms with Gasteiger partial charge in [-0.05, 0) is 56.5 Å². The number of fused-ring (bicyclic) bond motifs is 3. The predicted octanol–water partition coefficient (Wildman–Crippen LogP) is 5.21. The van der Waals surface area contributed by atoms with Gasteiger partial charge in [0.15, 0.2) is 0 Å². The van der Waals surface area contributed by atoms with E-state index in [0.29, 0.717) is 49.9 Å². The quantitative estimate of drug-likeness (QED) is 0.320. The average molecular weight is 622 g/mol. The number of likely N-dealkylation sites (tertiary alicyclic amines) is 1. The molecule has 3 atom stereocenters. The normalized spacial score (nSPS) is 23.7. The molecule has 216 valence electrons. The van der Waals surface area contributed by atoms with Crippen LogP contribution in [0.4, 0.5) is 15.2 Å². The molecule has 0 saturated carbocycles. The van der Waals surface area contributed by atoms with Gasteiger partial charge in [0.2, 0.25) is 0 Å². The Morgan fingerprint density at radius 2 is 1.98 bits per heavy atom. The first kappa shape index (κ1) is 26.7. The van der Waals surface area contributed by atoms with Crippen molar-refractivity contribution in [3.63, 3.8) is 0 Å². The van der Waals surface area contributed by atoms with Gasteiger partial charge in [-0.2, -0.15) is 10.2 Å². The van der Waals surface area contributed by atoms with Gasteiger partial charge in [0, 0.05) is 58.7 Å². The van der Waals surface area contributed by atoms with Gasteiger partial charge in [-0.25, -0.2) is 9.18 Å². The summed E-state index contributed by atoms with van der Waals surface area (Å²) in [6, 6.07) is 7.92. The summed E-state index contributed by atoms with van der Waals surface area (Å²) in [4.78, 5) is 24.3. The number of hydrogen-bond donors (Lipinski definition) is 2. The largest absolute Gasteiger partial charge is 0.389 e. The Kier molecular flexibility index (Phi) is 6.43. The fourth-order valence-electron chi connectivity index (χ4n) is 7.43. The number of nitriles is 1. The Hall–Kier alpha value is -2.88. The molecule has 42 heavy (non-hydrogen) atoms. The molecule has 2 aromatic heterocycles. The minimum absolute atomic E-state index is 0.0370. The van der Waals surface area contributed by atoms with E-state index in [1.54, 1.807) is 17.8 Å². The first-order valence-corrected chi connectivity index (χ1v) is 16.6. The van der Waals surface area contributed by atoms with E-state index in [9.17, 15) is 14.4 Å². The Labute approximate surface area is 255 Å². The Balaban J connectivity index is 1.40. The number of aromatic nitrogens is 2. The minimum atomic E-state index is -0.424. The van der Waals surface area contributed by atoms with E-state index in [4.69, 9.17) is 22.3 Å². The molecule has 0 spiro atoms. The number of nitrogen functional groups attached to an aromatic ring is 1. The van der Waals surface area contributed by atoms with Gasteiger partial charge in [0.25, 0.3) is 0 Å². The number of anilines is 2. The number of nitrogens with two attached hydrogens (primary N) is 1. The van der Waals surface area contributed by atoms with Crippen molar-refractivity contribution >= 4 is 66.5 Å². The first-order valence-electron chi connectivity index (χ1n) is 14.5. The molecule has 12 heteroatoms. The number of hydrogen-bond acceptors (Lipinski definition) is 9. The van der Waals surface area contributed by atoms with Crippen molar-refractivity contribution in [2.75, 3.05) is 49.1 Å². The van der Waals surface area contributed by atoms with Gasteiger partial charge < -0.3 is 20.9 Å². The molecule has 3 N–H and O–H groups in total. The maximum Gasteiger partial charge on any atom is 0.350 e. The van der Waals surface area contributed by atoms with Crippen molar-refractivity contribution in [1.82, 2.24) is 19.8 Å². The summed E-state index contributed by atoms with van der Waals surface area (Å²) in [6.45, 7) is 4.45. The number of piperazine rings is 1. The molecule has 4 aliphatic heterocycles. The zero-order valence-corrected chi connectivity index (χ0v) is 25.2. The van der Waals surface area contributed by atoms with Gasteiger partial charge in [0.1, 0.15) is 22.7 Å². The van der Waals surface area contributed by atoms with Crippen LogP contribution < -0.4 is 21.6 Å². The lowest BCUT2D eigenvalue weighted by Gasteiger charge is -2.36. The highest BCUT2D eigenvalue weighted by Crippen LogP contribution is 2.51. The summed E-state index contributed by atoms with van der Waals surface area (Å²) < 4.78 is 17.2. The molecule has 4 aliphatic rings. The summed E-state index contributed by atoms with van der Waals surface area (Å²) in [5, 5.41) is 15.7. The van der Waals surface area contributed by atoms with Gasteiger partial charge >= 0.3 is 5.69 Å². The fraction of sp³-hybridized carbons (Fsp3) is 0.433. The lowest BCUT2D eigenvalue weighted by Crippen LogP contribution is -2.52. The second-order valence-corrected chi connectivity index (χ2v) is 14.3. The van der Waals surface area contributed by atoms with E-state index in [2.05, 4.69) is 21.2 Å². The second kappa shape index (κ2) is 10.1. The van der Waals surface area contributed by atoms with Gasteiger partial charge in [0.05, 0.1) is 26.8 Å². The van der Waals surface area contributed by atoms with Crippen LogP contribution in [-0.2, 0) is 0 Å².